The summed E-state index contributed by atoms with van der Waals surface area (Å²) in [4.78, 5) is 15.2. The van der Waals surface area contributed by atoms with Crippen molar-refractivity contribution >= 4 is 23.3 Å². The molecule has 0 saturated heterocycles. The van der Waals surface area contributed by atoms with E-state index in [-0.39, 0.29) is 12.6 Å². The quantitative estimate of drug-likeness (QED) is 0.555. The zero-order chi connectivity index (χ0) is 12.0. The standard InChI is InChI=1S/C10H14ClN3O2/c1-7-5-8(6-13-9(7)11)14-10(16)12-3-2-4-15/h5-6,15H,2-4H2,1H3,(H2,12,14,16). The molecule has 2 amide bonds. The maximum absolute atomic E-state index is 11.3. The number of halogens is 1. The molecular weight excluding hydrogens is 230 g/mol. The molecular formula is C10H14ClN3O2. The first-order valence-corrected chi connectivity index (χ1v) is 5.29. The van der Waals surface area contributed by atoms with Gasteiger partial charge in [-0.05, 0) is 25.0 Å². The number of urea groups is 1. The van der Waals surface area contributed by atoms with Crippen LogP contribution in [-0.2, 0) is 0 Å². The van der Waals surface area contributed by atoms with Crippen molar-refractivity contribution in [1.29, 1.82) is 0 Å². The van der Waals surface area contributed by atoms with E-state index in [1.165, 1.54) is 6.20 Å². The molecule has 0 bridgehead atoms. The minimum absolute atomic E-state index is 0.0574. The number of pyridine rings is 1. The average Bonchev–Trinajstić information content (AvgIpc) is 2.24. The van der Waals surface area contributed by atoms with E-state index in [0.717, 1.165) is 5.56 Å². The van der Waals surface area contributed by atoms with E-state index >= 15 is 0 Å². The molecule has 0 unspecified atom stereocenters. The van der Waals surface area contributed by atoms with Crippen molar-refractivity contribution in [1.82, 2.24) is 10.3 Å². The van der Waals surface area contributed by atoms with E-state index in [1.807, 2.05) is 6.92 Å². The molecule has 0 saturated carbocycles. The van der Waals surface area contributed by atoms with Crippen LogP contribution in [0.2, 0.25) is 5.15 Å². The van der Waals surface area contributed by atoms with Crippen molar-refractivity contribution in [3.63, 3.8) is 0 Å². The summed E-state index contributed by atoms with van der Waals surface area (Å²) in [5.41, 5.74) is 1.39. The second-order valence-electron chi connectivity index (χ2n) is 3.29. The first kappa shape index (κ1) is 12.7. The molecule has 1 heterocycles. The molecule has 1 aromatic heterocycles. The summed E-state index contributed by atoms with van der Waals surface area (Å²) in [6.45, 7) is 2.30. The van der Waals surface area contributed by atoms with Crippen LogP contribution in [0.15, 0.2) is 12.3 Å². The van der Waals surface area contributed by atoms with Crippen molar-refractivity contribution < 1.29 is 9.90 Å². The van der Waals surface area contributed by atoms with Crippen molar-refractivity contribution in [2.24, 2.45) is 0 Å². The molecule has 16 heavy (non-hydrogen) atoms. The number of aromatic nitrogens is 1. The van der Waals surface area contributed by atoms with Crippen molar-refractivity contribution in [3.05, 3.63) is 23.0 Å². The molecule has 0 aliphatic heterocycles. The van der Waals surface area contributed by atoms with Gasteiger partial charge in [0.1, 0.15) is 5.15 Å². The summed E-state index contributed by atoms with van der Waals surface area (Å²) < 4.78 is 0. The fourth-order valence-corrected chi connectivity index (χ4v) is 1.19. The van der Waals surface area contributed by atoms with Crippen LogP contribution in [0.3, 0.4) is 0 Å². The summed E-state index contributed by atoms with van der Waals surface area (Å²) in [5, 5.41) is 14.2. The third kappa shape index (κ3) is 4.04. The van der Waals surface area contributed by atoms with Gasteiger partial charge in [-0.25, -0.2) is 9.78 Å². The van der Waals surface area contributed by atoms with E-state index < -0.39 is 0 Å². The lowest BCUT2D eigenvalue weighted by molar-refractivity contribution is 0.249. The van der Waals surface area contributed by atoms with Gasteiger partial charge in [-0.2, -0.15) is 0 Å². The van der Waals surface area contributed by atoms with Crippen LogP contribution in [0.5, 0.6) is 0 Å². The number of hydrogen-bond acceptors (Lipinski definition) is 3. The zero-order valence-corrected chi connectivity index (χ0v) is 9.71. The molecule has 0 fully saturated rings. The third-order valence-corrected chi connectivity index (χ3v) is 2.29. The molecule has 0 aliphatic carbocycles. The number of nitrogens with one attached hydrogen (secondary N) is 2. The minimum atomic E-state index is -0.322. The SMILES string of the molecule is Cc1cc(NC(=O)NCCCO)cnc1Cl. The number of carbonyl (C=O) groups is 1. The van der Waals surface area contributed by atoms with Gasteiger partial charge in [0.2, 0.25) is 0 Å². The molecule has 6 heteroatoms. The predicted octanol–water partition coefficient (Wildman–Crippen LogP) is 1.55. The van der Waals surface area contributed by atoms with Gasteiger partial charge in [0.05, 0.1) is 11.9 Å². The Morgan fingerprint density at radius 1 is 1.62 bits per heavy atom. The number of carbonyl (C=O) groups excluding carboxylic acids is 1. The second kappa shape index (κ2) is 6.30. The maximum atomic E-state index is 11.3. The van der Waals surface area contributed by atoms with Crippen LogP contribution in [0, 0.1) is 6.92 Å². The molecule has 0 aromatic carbocycles. The van der Waals surface area contributed by atoms with Gasteiger partial charge in [-0.1, -0.05) is 11.6 Å². The predicted molar refractivity (Wildman–Crippen MR) is 62.7 cm³/mol. The molecule has 0 atom stereocenters. The Hall–Kier alpha value is -1.33. The van der Waals surface area contributed by atoms with E-state index in [1.54, 1.807) is 6.07 Å². The van der Waals surface area contributed by atoms with E-state index in [4.69, 9.17) is 16.7 Å². The molecule has 0 radical (unpaired) electrons. The summed E-state index contributed by atoms with van der Waals surface area (Å²) in [7, 11) is 0. The van der Waals surface area contributed by atoms with Gasteiger partial charge in [-0.3, -0.25) is 0 Å². The number of rotatable bonds is 4. The number of aryl methyl sites for hydroxylation is 1. The fourth-order valence-electron chi connectivity index (χ4n) is 1.08. The number of nitrogens with zero attached hydrogens (tertiary/aromatic N) is 1. The summed E-state index contributed by atoms with van der Waals surface area (Å²) in [5.74, 6) is 0. The van der Waals surface area contributed by atoms with E-state index in [2.05, 4.69) is 15.6 Å². The number of aliphatic hydroxyl groups excluding tert-OH is 1. The monoisotopic (exact) mass is 243 g/mol. The van der Waals surface area contributed by atoms with Gasteiger partial charge in [0.25, 0.3) is 0 Å². The average molecular weight is 244 g/mol. The van der Waals surface area contributed by atoms with Crippen LogP contribution in [0.25, 0.3) is 0 Å². The summed E-state index contributed by atoms with van der Waals surface area (Å²) in [6.07, 6.45) is 2.02. The van der Waals surface area contributed by atoms with Crippen LogP contribution in [0.4, 0.5) is 10.5 Å². The summed E-state index contributed by atoms with van der Waals surface area (Å²) >= 11 is 5.75. The fraction of sp³-hybridized carbons (Fsp3) is 0.400. The number of amides is 2. The topological polar surface area (TPSA) is 74.2 Å². The van der Waals surface area contributed by atoms with Crippen LogP contribution < -0.4 is 10.6 Å². The normalized spacial score (nSPS) is 9.94. The third-order valence-electron chi connectivity index (χ3n) is 1.89. The summed E-state index contributed by atoms with van der Waals surface area (Å²) in [6, 6.07) is 1.41. The molecule has 0 aliphatic rings. The largest absolute Gasteiger partial charge is 0.396 e. The lowest BCUT2D eigenvalue weighted by atomic mass is 10.3. The number of aliphatic hydroxyl groups is 1. The highest BCUT2D eigenvalue weighted by Crippen LogP contribution is 2.15. The van der Waals surface area contributed by atoms with Crippen molar-refractivity contribution in [2.45, 2.75) is 13.3 Å². The Morgan fingerprint density at radius 3 is 3.00 bits per heavy atom. The first-order valence-electron chi connectivity index (χ1n) is 4.91. The lowest BCUT2D eigenvalue weighted by Gasteiger charge is -2.07. The molecule has 0 spiro atoms. The highest BCUT2D eigenvalue weighted by atomic mass is 35.5. The van der Waals surface area contributed by atoms with Crippen LogP contribution in [-0.4, -0.2) is 29.3 Å². The zero-order valence-electron chi connectivity index (χ0n) is 8.96. The van der Waals surface area contributed by atoms with E-state index in [0.29, 0.717) is 23.8 Å². The van der Waals surface area contributed by atoms with Gasteiger partial charge in [0.15, 0.2) is 0 Å². The highest BCUT2D eigenvalue weighted by Gasteiger charge is 2.03. The van der Waals surface area contributed by atoms with Gasteiger partial charge in [0, 0.05) is 13.2 Å². The Bertz CT molecular complexity index is 371. The minimum Gasteiger partial charge on any atom is -0.396 e. The smallest absolute Gasteiger partial charge is 0.319 e. The van der Waals surface area contributed by atoms with Crippen LogP contribution in [0.1, 0.15) is 12.0 Å². The van der Waals surface area contributed by atoms with Crippen molar-refractivity contribution in [2.75, 3.05) is 18.5 Å². The Balaban J connectivity index is 2.46. The van der Waals surface area contributed by atoms with Crippen LogP contribution >= 0.6 is 11.6 Å². The number of hydrogen-bond donors (Lipinski definition) is 3. The van der Waals surface area contributed by atoms with Gasteiger partial charge < -0.3 is 15.7 Å². The first-order chi connectivity index (χ1) is 7.63. The number of anilines is 1. The Labute approximate surface area is 98.8 Å². The highest BCUT2D eigenvalue weighted by molar-refractivity contribution is 6.30. The Kier molecular flexibility index (Phi) is 5.01. The Morgan fingerprint density at radius 2 is 2.38 bits per heavy atom. The van der Waals surface area contributed by atoms with Gasteiger partial charge >= 0.3 is 6.03 Å². The second-order valence-corrected chi connectivity index (χ2v) is 3.65. The molecule has 3 N–H and O–H groups in total. The molecule has 1 aromatic rings. The molecule has 1 rings (SSSR count). The van der Waals surface area contributed by atoms with Crippen molar-refractivity contribution in [3.8, 4) is 0 Å². The molecule has 5 nitrogen and oxygen atoms in total. The molecule has 88 valence electrons. The maximum Gasteiger partial charge on any atom is 0.319 e. The lowest BCUT2D eigenvalue weighted by Crippen LogP contribution is -2.29. The van der Waals surface area contributed by atoms with Gasteiger partial charge in [-0.15, -0.1) is 0 Å². The van der Waals surface area contributed by atoms with E-state index in [9.17, 15) is 4.79 Å².